The number of carbonyl (C=O) groups excluding carboxylic acids is 1. The van der Waals surface area contributed by atoms with Gasteiger partial charge in [-0.1, -0.05) is 0 Å². The van der Waals surface area contributed by atoms with Crippen molar-refractivity contribution in [3.05, 3.63) is 29.8 Å². The summed E-state index contributed by atoms with van der Waals surface area (Å²) < 4.78 is 25.8. The Balaban J connectivity index is 2.51. The van der Waals surface area contributed by atoms with Gasteiger partial charge in [-0.3, -0.25) is 4.79 Å². The van der Waals surface area contributed by atoms with E-state index in [0.29, 0.717) is 0 Å². The summed E-state index contributed by atoms with van der Waals surface area (Å²) in [6.45, 7) is 3.70. The second-order valence-electron chi connectivity index (χ2n) is 3.59. The number of carbonyl (C=O) groups is 1. The van der Waals surface area contributed by atoms with E-state index < -0.39 is 11.6 Å². The Morgan fingerprint density at radius 3 is 2.69 bits per heavy atom. The van der Waals surface area contributed by atoms with E-state index >= 15 is 0 Å². The van der Waals surface area contributed by atoms with Crippen LogP contribution < -0.4 is 5.32 Å². The van der Waals surface area contributed by atoms with Crippen LogP contribution in [0, 0.1) is 11.6 Å². The molecule has 0 aliphatic rings. The van der Waals surface area contributed by atoms with Gasteiger partial charge < -0.3 is 5.32 Å². The van der Waals surface area contributed by atoms with Gasteiger partial charge in [-0.05, 0) is 26.0 Å². The fourth-order valence-electron chi connectivity index (χ4n) is 1.10. The monoisotopic (exact) mass is 245 g/mol. The first-order valence-electron chi connectivity index (χ1n) is 4.86. The van der Waals surface area contributed by atoms with Crippen molar-refractivity contribution in [1.29, 1.82) is 0 Å². The molecule has 0 bridgehead atoms. The predicted molar refractivity (Wildman–Crippen MR) is 60.4 cm³/mol. The standard InChI is InChI=1S/C11H13F2NOS/c1-7(2)14-11(15)6-16-10-4-3-8(12)5-9(10)13/h3-5,7H,6H2,1-2H3,(H,14,15). The van der Waals surface area contributed by atoms with E-state index in [-0.39, 0.29) is 22.6 Å². The second-order valence-corrected chi connectivity index (χ2v) is 4.60. The van der Waals surface area contributed by atoms with Gasteiger partial charge in [0.05, 0.1) is 5.75 Å². The van der Waals surface area contributed by atoms with Crippen LogP contribution in [0.3, 0.4) is 0 Å². The Morgan fingerprint density at radius 2 is 2.12 bits per heavy atom. The zero-order chi connectivity index (χ0) is 12.1. The maximum absolute atomic E-state index is 13.2. The van der Waals surface area contributed by atoms with Crippen LogP contribution in [0.25, 0.3) is 0 Å². The van der Waals surface area contributed by atoms with Crippen LogP contribution in [0.1, 0.15) is 13.8 Å². The molecular weight excluding hydrogens is 232 g/mol. The molecule has 0 spiro atoms. The molecule has 0 fully saturated rings. The van der Waals surface area contributed by atoms with Gasteiger partial charge in [-0.2, -0.15) is 0 Å². The van der Waals surface area contributed by atoms with Gasteiger partial charge in [-0.25, -0.2) is 8.78 Å². The van der Waals surface area contributed by atoms with Crippen molar-refractivity contribution in [3.8, 4) is 0 Å². The number of nitrogens with one attached hydrogen (secondary N) is 1. The third-order valence-corrected chi connectivity index (χ3v) is 2.75. The normalized spacial score (nSPS) is 10.6. The van der Waals surface area contributed by atoms with E-state index in [0.717, 1.165) is 17.8 Å². The molecule has 0 radical (unpaired) electrons. The lowest BCUT2D eigenvalue weighted by Gasteiger charge is -2.08. The summed E-state index contributed by atoms with van der Waals surface area (Å²) in [5.74, 6) is -1.29. The number of hydrogen-bond acceptors (Lipinski definition) is 2. The van der Waals surface area contributed by atoms with Gasteiger partial charge in [0.15, 0.2) is 0 Å². The first-order valence-corrected chi connectivity index (χ1v) is 5.85. The van der Waals surface area contributed by atoms with Crippen LogP contribution in [-0.2, 0) is 4.79 Å². The lowest BCUT2D eigenvalue weighted by Crippen LogP contribution is -2.31. The minimum atomic E-state index is -0.637. The topological polar surface area (TPSA) is 29.1 Å². The maximum Gasteiger partial charge on any atom is 0.230 e. The highest BCUT2D eigenvalue weighted by molar-refractivity contribution is 8.00. The van der Waals surface area contributed by atoms with Crippen molar-refractivity contribution in [1.82, 2.24) is 5.32 Å². The molecule has 0 saturated carbocycles. The molecule has 1 N–H and O–H groups in total. The molecule has 0 heterocycles. The summed E-state index contributed by atoms with van der Waals surface area (Å²) in [4.78, 5) is 11.6. The lowest BCUT2D eigenvalue weighted by molar-refractivity contribution is -0.119. The maximum atomic E-state index is 13.2. The molecule has 0 unspecified atom stereocenters. The molecule has 0 saturated heterocycles. The van der Waals surface area contributed by atoms with Crippen LogP contribution in [0.4, 0.5) is 8.78 Å². The van der Waals surface area contributed by atoms with Crippen molar-refractivity contribution < 1.29 is 13.6 Å². The van der Waals surface area contributed by atoms with Gasteiger partial charge in [0.2, 0.25) is 5.91 Å². The van der Waals surface area contributed by atoms with E-state index in [2.05, 4.69) is 5.32 Å². The molecule has 0 aromatic heterocycles. The van der Waals surface area contributed by atoms with Crippen molar-refractivity contribution in [2.75, 3.05) is 5.75 Å². The van der Waals surface area contributed by atoms with Crippen LogP contribution >= 0.6 is 11.8 Å². The molecule has 2 nitrogen and oxygen atoms in total. The Kier molecular flexibility index (Phi) is 4.73. The van der Waals surface area contributed by atoms with Crippen molar-refractivity contribution in [3.63, 3.8) is 0 Å². The molecule has 5 heteroatoms. The third kappa shape index (κ3) is 4.18. The summed E-state index contributed by atoms with van der Waals surface area (Å²) in [5.41, 5.74) is 0. The van der Waals surface area contributed by atoms with Crippen LogP contribution in [0.15, 0.2) is 23.1 Å². The number of hydrogen-bond donors (Lipinski definition) is 1. The molecule has 0 aliphatic carbocycles. The molecule has 1 aromatic carbocycles. The van der Waals surface area contributed by atoms with Gasteiger partial charge in [0, 0.05) is 17.0 Å². The highest BCUT2D eigenvalue weighted by Crippen LogP contribution is 2.21. The van der Waals surface area contributed by atoms with Crippen molar-refractivity contribution in [2.24, 2.45) is 0 Å². The average molecular weight is 245 g/mol. The van der Waals surface area contributed by atoms with Crippen molar-refractivity contribution >= 4 is 17.7 Å². The summed E-state index contributed by atoms with van der Waals surface area (Å²) >= 11 is 1.05. The number of amides is 1. The quantitative estimate of drug-likeness (QED) is 0.826. The molecular formula is C11H13F2NOS. The molecule has 1 rings (SSSR count). The van der Waals surface area contributed by atoms with Crippen LogP contribution in [0.5, 0.6) is 0 Å². The Hall–Kier alpha value is -1.10. The third-order valence-electron chi connectivity index (χ3n) is 1.70. The van der Waals surface area contributed by atoms with Gasteiger partial charge in [0.1, 0.15) is 11.6 Å². The summed E-state index contributed by atoms with van der Waals surface area (Å²) in [7, 11) is 0. The summed E-state index contributed by atoms with van der Waals surface area (Å²) in [5, 5.41) is 2.69. The van der Waals surface area contributed by atoms with E-state index in [4.69, 9.17) is 0 Å². The highest BCUT2D eigenvalue weighted by Gasteiger charge is 2.08. The molecule has 88 valence electrons. The largest absolute Gasteiger partial charge is 0.353 e. The minimum Gasteiger partial charge on any atom is -0.353 e. The molecule has 0 atom stereocenters. The van der Waals surface area contributed by atoms with E-state index in [9.17, 15) is 13.6 Å². The lowest BCUT2D eigenvalue weighted by atomic mass is 10.3. The fourth-order valence-corrected chi connectivity index (χ4v) is 1.83. The molecule has 1 aromatic rings. The zero-order valence-electron chi connectivity index (χ0n) is 9.09. The fraction of sp³-hybridized carbons (Fsp3) is 0.364. The minimum absolute atomic E-state index is 0.0613. The van der Waals surface area contributed by atoms with E-state index in [1.165, 1.54) is 12.1 Å². The number of halogens is 2. The molecule has 0 aliphatic heterocycles. The number of benzene rings is 1. The highest BCUT2D eigenvalue weighted by atomic mass is 32.2. The van der Waals surface area contributed by atoms with Crippen LogP contribution in [-0.4, -0.2) is 17.7 Å². The van der Waals surface area contributed by atoms with E-state index in [1.807, 2.05) is 13.8 Å². The number of thioether (sulfide) groups is 1. The molecule has 16 heavy (non-hydrogen) atoms. The summed E-state index contributed by atoms with van der Waals surface area (Å²) in [6.07, 6.45) is 0. The van der Waals surface area contributed by atoms with Gasteiger partial charge >= 0.3 is 0 Å². The first kappa shape index (κ1) is 13.0. The van der Waals surface area contributed by atoms with Crippen molar-refractivity contribution in [2.45, 2.75) is 24.8 Å². The number of rotatable bonds is 4. The van der Waals surface area contributed by atoms with Gasteiger partial charge in [-0.15, -0.1) is 11.8 Å². The molecule has 1 amide bonds. The first-order chi connectivity index (χ1) is 7.49. The van der Waals surface area contributed by atoms with E-state index in [1.54, 1.807) is 0 Å². The Labute approximate surface area is 97.4 Å². The Bertz CT molecular complexity index is 382. The Morgan fingerprint density at radius 1 is 1.44 bits per heavy atom. The average Bonchev–Trinajstić information content (AvgIpc) is 2.15. The zero-order valence-corrected chi connectivity index (χ0v) is 9.91. The smallest absolute Gasteiger partial charge is 0.230 e. The predicted octanol–water partition coefficient (Wildman–Crippen LogP) is 2.58. The SMILES string of the molecule is CC(C)NC(=O)CSc1ccc(F)cc1F. The summed E-state index contributed by atoms with van der Waals surface area (Å²) in [6, 6.07) is 3.37. The second kappa shape index (κ2) is 5.84. The van der Waals surface area contributed by atoms with Gasteiger partial charge in [0.25, 0.3) is 0 Å². The van der Waals surface area contributed by atoms with Crippen LogP contribution in [0.2, 0.25) is 0 Å².